The molecule has 0 radical (unpaired) electrons. The van der Waals surface area contributed by atoms with E-state index in [1.807, 2.05) is 49.5 Å². The number of hydrogen-bond acceptors (Lipinski definition) is 2. The summed E-state index contributed by atoms with van der Waals surface area (Å²) in [6, 6.07) is 13.5. The van der Waals surface area contributed by atoms with Gasteiger partial charge in [0.25, 0.3) is 0 Å². The van der Waals surface area contributed by atoms with Gasteiger partial charge in [0, 0.05) is 34.3 Å². The van der Waals surface area contributed by atoms with Crippen molar-refractivity contribution in [1.82, 2.24) is 0 Å². The molecular weight excluding hydrogens is 338 g/mol. The molecule has 2 aromatic rings. The molecule has 3 N–H and O–H groups in total. The maximum Gasteiger partial charge on any atom is 0.123 e. The predicted octanol–water partition coefficient (Wildman–Crippen LogP) is 4.02. The molecule has 0 spiro atoms. The lowest BCUT2D eigenvalue weighted by Crippen LogP contribution is -2.17. The Kier molecular flexibility index (Phi) is 4.68. The summed E-state index contributed by atoms with van der Waals surface area (Å²) in [6.07, 6.45) is 0. The van der Waals surface area contributed by atoms with Gasteiger partial charge in [0.05, 0.1) is 0 Å². The van der Waals surface area contributed by atoms with Crippen molar-refractivity contribution in [2.75, 3.05) is 11.9 Å². The van der Waals surface area contributed by atoms with Gasteiger partial charge >= 0.3 is 0 Å². The largest absolute Gasteiger partial charge is 0.384 e. The highest BCUT2D eigenvalue weighted by molar-refractivity contribution is 9.10. The van der Waals surface area contributed by atoms with Crippen LogP contribution in [-0.4, -0.2) is 12.9 Å². The van der Waals surface area contributed by atoms with Gasteiger partial charge in [-0.05, 0) is 45.8 Å². The van der Waals surface area contributed by atoms with E-state index in [0.717, 1.165) is 20.7 Å². The quantitative estimate of drug-likeness (QED) is 0.645. The molecule has 0 saturated carbocycles. The first-order valence-corrected chi connectivity index (χ1v) is 7.24. The molecule has 20 heavy (non-hydrogen) atoms. The first-order chi connectivity index (χ1) is 9.49. The van der Waals surface area contributed by atoms with Crippen LogP contribution in [0.4, 0.5) is 5.69 Å². The molecule has 3 nitrogen and oxygen atoms in total. The second kappa shape index (κ2) is 6.29. The lowest BCUT2D eigenvalue weighted by Gasteiger charge is -2.21. The number of nitrogens with zero attached hydrogens (tertiary/aromatic N) is 1. The van der Waals surface area contributed by atoms with Gasteiger partial charge in [-0.2, -0.15) is 0 Å². The third-order valence-electron chi connectivity index (χ3n) is 3.05. The number of amidine groups is 1. The molecule has 0 aliphatic carbocycles. The third kappa shape index (κ3) is 3.32. The van der Waals surface area contributed by atoms with Crippen molar-refractivity contribution in [3.63, 3.8) is 0 Å². The highest BCUT2D eigenvalue weighted by Crippen LogP contribution is 2.25. The van der Waals surface area contributed by atoms with E-state index in [9.17, 15) is 0 Å². The number of nitrogen functional groups attached to an aromatic ring is 1. The van der Waals surface area contributed by atoms with Crippen molar-refractivity contribution in [3.05, 3.63) is 63.1 Å². The summed E-state index contributed by atoms with van der Waals surface area (Å²) in [5.41, 5.74) is 8.30. The van der Waals surface area contributed by atoms with Gasteiger partial charge in [0.2, 0.25) is 0 Å². The fourth-order valence-corrected chi connectivity index (χ4v) is 2.71. The number of anilines is 1. The average Bonchev–Trinajstić information content (AvgIpc) is 2.40. The summed E-state index contributed by atoms with van der Waals surface area (Å²) < 4.78 is 0.813. The van der Waals surface area contributed by atoms with Gasteiger partial charge in [-0.15, -0.1) is 0 Å². The van der Waals surface area contributed by atoms with E-state index in [2.05, 4.69) is 20.8 Å². The SMILES string of the molecule is CN(Cc1ccccc1Cl)c1ccc(C(=N)N)c(Br)c1. The number of halogens is 2. The summed E-state index contributed by atoms with van der Waals surface area (Å²) in [4.78, 5) is 2.09. The Labute approximate surface area is 132 Å². The van der Waals surface area contributed by atoms with E-state index in [1.54, 1.807) is 0 Å². The second-order valence-electron chi connectivity index (χ2n) is 4.53. The fourth-order valence-electron chi connectivity index (χ4n) is 1.93. The van der Waals surface area contributed by atoms with Crippen LogP contribution >= 0.6 is 27.5 Å². The van der Waals surface area contributed by atoms with Crippen LogP contribution in [0.1, 0.15) is 11.1 Å². The van der Waals surface area contributed by atoms with Crippen LogP contribution < -0.4 is 10.6 Å². The number of benzene rings is 2. The van der Waals surface area contributed by atoms with Gasteiger partial charge in [0.1, 0.15) is 5.84 Å². The monoisotopic (exact) mass is 351 g/mol. The molecule has 2 rings (SSSR count). The Morgan fingerprint density at radius 3 is 2.60 bits per heavy atom. The van der Waals surface area contributed by atoms with Crippen LogP contribution in [0.25, 0.3) is 0 Å². The standard InChI is InChI=1S/C15H15BrClN3/c1-20(9-10-4-2-3-5-14(10)17)11-6-7-12(15(18)19)13(16)8-11/h2-8H,9H2,1H3,(H3,18,19). The van der Waals surface area contributed by atoms with Crippen molar-refractivity contribution >= 4 is 39.1 Å². The van der Waals surface area contributed by atoms with E-state index < -0.39 is 0 Å². The smallest absolute Gasteiger partial charge is 0.123 e. The van der Waals surface area contributed by atoms with E-state index >= 15 is 0 Å². The first kappa shape index (κ1) is 14.9. The van der Waals surface area contributed by atoms with E-state index in [4.69, 9.17) is 22.7 Å². The zero-order valence-corrected chi connectivity index (χ0v) is 13.4. The molecule has 5 heteroatoms. The molecule has 0 amide bonds. The van der Waals surface area contributed by atoms with Crippen molar-refractivity contribution < 1.29 is 0 Å². The number of hydrogen-bond donors (Lipinski definition) is 2. The van der Waals surface area contributed by atoms with Gasteiger partial charge in [-0.3, -0.25) is 5.41 Å². The van der Waals surface area contributed by atoms with Crippen molar-refractivity contribution in [2.45, 2.75) is 6.54 Å². The lowest BCUT2D eigenvalue weighted by atomic mass is 10.1. The van der Waals surface area contributed by atoms with E-state index in [1.165, 1.54) is 0 Å². The predicted molar refractivity (Wildman–Crippen MR) is 88.7 cm³/mol. The normalized spacial score (nSPS) is 10.3. The summed E-state index contributed by atoms with van der Waals surface area (Å²) in [6.45, 7) is 0.714. The molecule has 0 unspecified atom stereocenters. The molecule has 0 atom stereocenters. The van der Waals surface area contributed by atoms with Gasteiger partial charge < -0.3 is 10.6 Å². The number of nitrogens with two attached hydrogens (primary N) is 1. The van der Waals surface area contributed by atoms with Gasteiger partial charge in [0.15, 0.2) is 0 Å². The Bertz CT molecular complexity index is 643. The Morgan fingerprint density at radius 1 is 1.30 bits per heavy atom. The van der Waals surface area contributed by atoms with Crippen molar-refractivity contribution in [2.24, 2.45) is 5.73 Å². The lowest BCUT2D eigenvalue weighted by molar-refractivity contribution is 0.922. The Morgan fingerprint density at radius 2 is 2.00 bits per heavy atom. The molecule has 0 fully saturated rings. The fraction of sp³-hybridized carbons (Fsp3) is 0.133. The summed E-state index contributed by atoms with van der Waals surface area (Å²) in [5.74, 6) is 0.0529. The van der Waals surface area contributed by atoms with Gasteiger partial charge in [-0.1, -0.05) is 29.8 Å². The van der Waals surface area contributed by atoms with Crippen LogP contribution in [0.5, 0.6) is 0 Å². The van der Waals surface area contributed by atoms with Crippen LogP contribution in [-0.2, 0) is 6.54 Å². The Hall–Kier alpha value is -1.52. The molecule has 0 saturated heterocycles. The molecule has 0 bridgehead atoms. The molecular formula is C15H15BrClN3. The molecule has 2 aromatic carbocycles. The highest BCUT2D eigenvalue weighted by atomic mass is 79.9. The number of rotatable bonds is 4. The molecule has 0 heterocycles. The maximum absolute atomic E-state index is 7.48. The van der Waals surface area contributed by atoms with E-state index in [0.29, 0.717) is 12.1 Å². The van der Waals surface area contributed by atoms with Crippen LogP contribution in [0.15, 0.2) is 46.9 Å². The van der Waals surface area contributed by atoms with E-state index in [-0.39, 0.29) is 5.84 Å². The highest BCUT2D eigenvalue weighted by Gasteiger charge is 2.08. The third-order valence-corrected chi connectivity index (χ3v) is 4.07. The minimum absolute atomic E-state index is 0.0529. The topological polar surface area (TPSA) is 53.1 Å². The van der Waals surface area contributed by atoms with Crippen molar-refractivity contribution in [3.8, 4) is 0 Å². The molecule has 104 valence electrons. The summed E-state index contributed by atoms with van der Waals surface area (Å²) >= 11 is 9.62. The molecule has 0 aromatic heterocycles. The summed E-state index contributed by atoms with van der Waals surface area (Å²) in [5, 5.41) is 8.24. The second-order valence-corrected chi connectivity index (χ2v) is 5.79. The minimum atomic E-state index is 0.0529. The Balaban J connectivity index is 2.22. The molecule has 0 aliphatic heterocycles. The van der Waals surface area contributed by atoms with Crippen LogP contribution in [0.3, 0.4) is 0 Å². The van der Waals surface area contributed by atoms with Gasteiger partial charge in [-0.25, -0.2) is 0 Å². The number of nitrogens with one attached hydrogen (secondary N) is 1. The van der Waals surface area contributed by atoms with Crippen LogP contribution in [0.2, 0.25) is 5.02 Å². The average molecular weight is 353 g/mol. The van der Waals surface area contributed by atoms with Crippen molar-refractivity contribution in [1.29, 1.82) is 5.41 Å². The van der Waals surface area contributed by atoms with Crippen LogP contribution in [0, 0.1) is 5.41 Å². The summed E-state index contributed by atoms with van der Waals surface area (Å²) in [7, 11) is 2.00. The zero-order valence-electron chi connectivity index (χ0n) is 11.0. The minimum Gasteiger partial charge on any atom is -0.384 e. The maximum atomic E-state index is 7.48. The first-order valence-electron chi connectivity index (χ1n) is 6.07. The zero-order chi connectivity index (χ0) is 14.7. The molecule has 0 aliphatic rings.